The Morgan fingerprint density at radius 2 is 2.11 bits per heavy atom. The summed E-state index contributed by atoms with van der Waals surface area (Å²) < 4.78 is 3.67. The summed E-state index contributed by atoms with van der Waals surface area (Å²) in [5.74, 6) is 0. The first-order chi connectivity index (χ1) is 8.63. The SMILES string of the molecule is CCNCc1c(C)nn(C)c1Sc1ncnn1C. The first-order valence-electron chi connectivity index (χ1n) is 5.88. The van der Waals surface area contributed by atoms with Gasteiger partial charge in [-0.15, -0.1) is 0 Å². The molecule has 0 aliphatic heterocycles. The molecule has 0 aliphatic rings. The van der Waals surface area contributed by atoms with Crippen molar-refractivity contribution in [1.82, 2.24) is 29.9 Å². The maximum absolute atomic E-state index is 4.47. The fraction of sp³-hybridized carbons (Fsp3) is 0.545. The van der Waals surface area contributed by atoms with Crippen LogP contribution >= 0.6 is 11.8 Å². The predicted molar refractivity (Wildman–Crippen MR) is 70.5 cm³/mol. The molecule has 0 unspecified atom stereocenters. The lowest BCUT2D eigenvalue weighted by atomic mass is 10.2. The van der Waals surface area contributed by atoms with Crippen LogP contribution in [0.4, 0.5) is 0 Å². The van der Waals surface area contributed by atoms with Gasteiger partial charge in [0, 0.05) is 26.2 Å². The highest BCUT2D eigenvalue weighted by molar-refractivity contribution is 7.99. The van der Waals surface area contributed by atoms with Crippen LogP contribution < -0.4 is 5.32 Å². The molecule has 0 spiro atoms. The third kappa shape index (κ3) is 2.56. The highest BCUT2D eigenvalue weighted by Crippen LogP contribution is 2.29. The fourth-order valence-electron chi connectivity index (χ4n) is 1.73. The van der Waals surface area contributed by atoms with E-state index in [1.165, 1.54) is 5.56 Å². The minimum atomic E-state index is 0.830. The zero-order valence-electron chi connectivity index (χ0n) is 11.1. The van der Waals surface area contributed by atoms with E-state index in [1.54, 1.807) is 22.8 Å². The molecule has 0 radical (unpaired) electrons. The maximum Gasteiger partial charge on any atom is 0.192 e. The normalized spacial score (nSPS) is 11.1. The second-order valence-corrected chi connectivity index (χ2v) is 5.00. The third-order valence-corrected chi connectivity index (χ3v) is 3.95. The van der Waals surface area contributed by atoms with Crippen LogP contribution in [0, 0.1) is 6.92 Å². The number of hydrogen-bond acceptors (Lipinski definition) is 5. The van der Waals surface area contributed by atoms with E-state index in [2.05, 4.69) is 27.4 Å². The quantitative estimate of drug-likeness (QED) is 0.878. The van der Waals surface area contributed by atoms with Gasteiger partial charge >= 0.3 is 0 Å². The molecule has 0 saturated carbocycles. The minimum absolute atomic E-state index is 0.830. The summed E-state index contributed by atoms with van der Waals surface area (Å²) in [7, 11) is 3.85. The molecule has 2 aromatic heterocycles. The summed E-state index contributed by atoms with van der Waals surface area (Å²) >= 11 is 1.60. The fourth-order valence-corrected chi connectivity index (χ4v) is 2.69. The van der Waals surface area contributed by atoms with Crippen LogP contribution in [0.3, 0.4) is 0 Å². The molecule has 2 heterocycles. The molecular formula is C11H18N6S. The van der Waals surface area contributed by atoms with E-state index >= 15 is 0 Å². The van der Waals surface area contributed by atoms with Gasteiger partial charge in [0.05, 0.1) is 5.69 Å². The van der Waals surface area contributed by atoms with Crippen LogP contribution in [0.5, 0.6) is 0 Å². The maximum atomic E-state index is 4.47. The van der Waals surface area contributed by atoms with Gasteiger partial charge in [0.1, 0.15) is 11.4 Å². The van der Waals surface area contributed by atoms with E-state index in [0.717, 1.165) is 29.0 Å². The Morgan fingerprint density at radius 1 is 1.33 bits per heavy atom. The third-order valence-electron chi connectivity index (χ3n) is 2.70. The summed E-state index contributed by atoms with van der Waals surface area (Å²) in [4.78, 5) is 4.24. The molecule has 2 aromatic rings. The second-order valence-electron chi connectivity index (χ2n) is 4.04. The number of rotatable bonds is 5. The van der Waals surface area contributed by atoms with Crippen LogP contribution in [0.1, 0.15) is 18.2 Å². The Labute approximate surface area is 111 Å². The molecule has 0 amide bonds. The lowest BCUT2D eigenvalue weighted by molar-refractivity contribution is 0.660. The van der Waals surface area contributed by atoms with Gasteiger partial charge in [0.15, 0.2) is 5.16 Å². The highest BCUT2D eigenvalue weighted by atomic mass is 32.2. The average Bonchev–Trinajstić information content (AvgIpc) is 2.84. The van der Waals surface area contributed by atoms with E-state index in [1.807, 2.05) is 25.7 Å². The topological polar surface area (TPSA) is 60.6 Å². The van der Waals surface area contributed by atoms with Gasteiger partial charge in [-0.3, -0.25) is 4.68 Å². The smallest absolute Gasteiger partial charge is 0.192 e. The van der Waals surface area contributed by atoms with Crippen molar-refractivity contribution in [2.24, 2.45) is 14.1 Å². The standard InChI is InChI=1S/C11H18N6S/c1-5-12-6-9-8(2)15-16(3)10(9)18-11-13-7-14-17(11)4/h7,12H,5-6H2,1-4H3. The largest absolute Gasteiger partial charge is 0.313 e. The molecule has 7 heteroatoms. The molecule has 6 nitrogen and oxygen atoms in total. The summed E-state index contributed by atoms with van der Waals surface area (Å²) in [6.45, 7) is 5.91. The first kappa shape index (κ1) is 13.1. The summed E-state index contributed by atoms with van der Waals surface area (Å²) in [5, 5.41) is 13.9. The molecule has 0 fully saturated rings. The van der Waals surface area contributed by atoms with E-state index in [0.29, 0.717) is 0 Å². The monoisotopic (exact) mass is 266 g/mol. The molecule has 1 N–H and O–H groups in total. The lowest BCUT2D eigenvalue weighted by Gasteiger charge is -2.06. The van der Waals surface area contributed by atoms with Crippen molar-refractivity contribution < 1.29 is 0 Å². The van der Waals surface area contributed by atoms with Gasteiger partial charge in [0.2, 0.25) is 0 Å². The number of nitrogens with one attached hydrogen (secondary N) is 1. The zero-order chi connectivity index (χ0) is 13.1. The van der Waals surface area contributed by atoms with Crippen molar-refractivity contribution in [2.45, 2.75) is 30.6 Å². The Morgan fingerprint density at radius 3 is 2.72 bits per heavy atom. The van der Waals surface area contributed by atoms with Crippen molar-refractivity contribution in [3.63, 3.8) is 0 Å². The molecule has 0 aromatic carbocycles. The molecule has 0 saturated heterocycles. The van der Waals surface area contributed by atoms with Crippen molar-refractivity contribution >= 4 is 11.8 Å². The molecular weight excluding hydrogens is 248 g/mol. The summed E-state index contributed by atoms with van der Waals surface area (Å²) in [5.41, 5.74) is 2.29. The molecule has 2 rings (SSSR count). The van der Waals surface area contributed by atoms with Gasteiger partial charge in [-0.25, -0.2) is 9.67 Å². The van der Waals surface area contributed by atoms with Crippen molar-refractivity contribution in [1.29, 1.82) is 0 Å². The number of aromatic nitrogens is 5. The van der Waals surface area contributed by atoms with Gasteiger partial charge in [-0.1, -0.05) is 6.92 Å². The van der Waals surface area contributed by atoms with Crippen LogP contribution in [-0.4, -0.2) is 31.1 Å². The van der Waals surface area contributed by atoms with E-state index in [4.69, 9.17) is 0 Å². The first-order valence-corrected chi connectivity index (χ1v) is 6.70. The van der Waals surface area contributed by atoms with Gasteiger partial charge in [-0.05, 0) is 25.2 Å². The van der Waals surface area contributed by atoms with E-state index in [9.17, 15) is 0 Å². The Hall–Kier alpha value is -1.34. The average molecular weight is 266 g/mol. The minimum Gasteiger partial charge on any atom is -0.313 e. The lowest BCUT2D eigenvalue weighted by Crippen LogP contribution is -2.13. The molecule has 0 atom stereocenters. The van der Waals surface area contributed by atoms with Gasteiger partial charge in [0.25, 0.3) is 0 Å². The summed E-state index contributed by atoms with van der Waals surface area (Å²) in [6.07, 6.45) is 1.57. The predicted octanol–water partition coefficient (Wildman–Crippen LogP) is 1.12. The van der Waals surface area contributed by atoms with Crippen LogP contribution in [0.15, 0.2) is 16.5 Å². The number of aryl methyl sites for hydroxylation is 3. The van der Waals surface area contributed by atoms with Crippen LogP contribution in [0.2, 0.25) is 0 Å². The Bertz CT molecular complexity index is 530. The van der Waals surface area contributed by atoms with Crippen LogP contribution in [-0.2, 0) is 20.6 Å². The molecule has 0 aliphatic carbocycles. The van der Waals surface area contributed by atoms with Crippen molar-refractivity contribution in [3.8, 4) is 0 Å². The van der Waals surface area contributed by atoms with Gasteiger partial charge in [-0.2, -0.15) is 10.2 Å². The molecule has 18 heavy (non-hydrogen) atoms. The second kappa shape index (κ2) is 5.53. The van der Waals surface area contributed by atoms with Crippen molar-refractivity contribution in [2.75, 3.05) is 6.54 Å². The highest BCUT2D eigenvalue weighted by Gasteiger charge is 2.16. The Kier molecular flexibility index (Phi) is 4.03. The van der Waals surface area contributed by atoms with E-state index < -0.39 is 0 Å². The van der Waals surface area contributed by atoms with E-state index in [-0.39, 0.29) is 0 Å². The summed E-state index contributed by atoms with van der Waals surface area (Å²) in [6, 6.07) is 0. The molecule has 0 bridgehead atoms. The number of nitrogens with zero attached hydrogens (tertiary/aromatic N) is 5. The number of hydrogen-bond donors (Lipinski definition) is 1. The van der Waals surface area contributed by atoms with Crippen LogP contribution in [0.25, 0.3) is 0 Å². The zero-order valence-corrected chi connectivity index (χ0v) is 12.0. The van der Waals surface area contributed by atoms with Crippen molar-refractivity contribution in [3.05, 3.63) is 17.6 Å². The van der Waals surface area contributed by atoms with Gasteiger partial charge < -0.3 is 5.32 Å². The Balaban J connectivity index is 2.28. The molecule has 98 valence electrons.